The first-order valence-electron chi connectivity index (χ1n) is 6.07. The minimum absolute atomic E-state index is 0.0597. The summed E-state index contributed by atoms with van der Waals surface area (Å²) in [5.41, 5.74) is 3.85. The standard InChI is InChI=1S/C15H12BrClN2O2/c1-9(10-6-4-8-13(17)14(10)20)18-19-15(21)11-5-2-3-7-12(11)16/h2-8,20H,1H3,(H,19,21)/b18-9+. The van der Waals surface area contributed by atoms with E-state index in [1.807, 2.05) is 6.07 Å². The largest absolute Gasteiger partial charge is 0.506 e. The molecule has 108 valence electrons. The third-order valence-electron chi connectivity index (χ3n) is 2.82. The lowest BCUT2D eigenvalue weighted by Gasteiger charge is -2.07. The Kier molecular flexibility index (Phi) is 4.98. The lowest BCUT2D eigenvalue weighted by atomic mass is 10.1. The average molecular weight is 368 g/mol. The number of benzene rings is 2. The van der Waals surface area contributed by atoms with Gasteiger partial charge in [0.15, 0.2) is 0 Å². The average Bonchev–Trinajstić information content (AvgIpc) is 2.47. The van der Waals surface area contributed by atoms with Crippen molar-refractivity contribution in [2.24, 2.45) is 5.10 Å². The molecule has 0 aliphatic rings. The Morgan fingerprint density at radius 1 is 1.19 bits per heavy atom. The Morgan fingerprint density at radius 2 is 1.86 bits per heavy atom. The predicted molar refractivity (Wildman–Crippen MR) is 86.9 cm³/mol. The molecule has 0 saturated carbocycles. The van der Waals surface area contributed by atoms with Gasteiger partial charge in [-0.15, -0.1) is 0 Å². The number of carbonyl (C=O) groups excluding carboxylic acids is 1. The number of phenolic OH excluding ortho intramolecular Hbond substituents is 1. The summed E-state index contributed by atoms with van der Waals surface area (Å²) in [6.45, 7) is 1.67. The van der Waals surface area contributed by atoms with E-state index in [1.165, 1.54) is 0 Å². The van der Waals surface area contributed by atoms with Crippen molar-refractivity contribution in [1.29, 1.82) is 0 Å². The summed E-state index contributed by atoms with van der Waals surface area (Å²) in [4.78, 5) is 12.0. The highest BCUT2D eigenvalue weighted by molar-refractivity contribution is 9.10. The van der Waals surface area contributed by atoms with Crippen LogP contribution in [0.25, 0.3) is 0 Å². The van der Waals surface area contributed by atoms with Crippen LogP contribution in [0.3, 0.4) is 0 Å². The van der Waals surface area contributed by atoms with E-state index in [-0.39, 0.29) is 16.7 Å². The zero-order chi connectivity index (χ0) is 15.4. The molecule has 0 aliphatic heterocycles. The van der Waals surface area contributed by atoms with Crippen LogP contribution in [0.5, 0.6) is 5.75 Å². The van der Waals surface area contributed by atoms with Gasteiger partial charge in [0, 0.05) is 10.0 Å². The summed E-state index contributed by atoms with van der Waals surface area (Å²) < 4.78 is 0.681. The molecule has 4 nitrogen and oxygen atoms in total. The van der Waals surface area contributed by atoms with E-state index in [2.05, 4.69) is 26.5 Å². The molecular weight excluding hydrogens is 356 g/mol. The predicted octanol–water partition coefficient (Wildman–Crippen LogP) is 3.96. The molecule has 2 aromatic carbocycles. The van der Waals surface area contributed by atoms with E-state index >= 15 is 0 Å². The summed E-state index contributed by atoms with van der Waals surface area (Å²) in [7, 11) is 0. The first kappa shape index (κ1) is 15.5. The fraction of sp³-hybridized carbons (Fsp3) is 0.0667. The maximum absolute atomic E-state index is 12.0. The number of nitrogens with one attached hydrogen (secondary N) is 1. The molecule has 0 radical (unpaired) electrons. The van der Waals surface area contributed by atoms with Crippen molar-refractivity contribution < 1.29 is 9.90 Å². The quantitative estimate of drug-likeness (QED) is 0.637. The molecule has 0 saturated heterocycles. The topological polar surface area (TPSA) is 61.7 Å². The van der Waals surface area contributed by atoms with Gasteiger partial charge in [-0.1, -0.05) is 29.8 Å². The molecule has 0 aromatic heterocycles. The number of carbonyl (C=O) groups is 1. The van der Waals surface area contributed by atoms with Gasteiger partial charge < -0.3 is 5.11 Å². The lowest BCUT2D eigenvalue weighted by molar-refractivity contribution is 0.0954. The van der Waals surface area contributed by atoms with Crippen LogP contribution in [-0.4, -0.2) is 16.7 Å². The van der Waals surface area contributed by atoms with Crippen molar-refractivity contribution in [3.8, 4) is 5.75 Å². The number of amides is 1. The third-order valence-corrected chi connectivity index (χ3v) is 3.82. The van der Waals surface area contributed by atoms with E-state index in [1.54, 1.807) is 43.3 Å². The van der Waals surface area contributed by atoms with Crippen molar-refractivity contribution >= 4 is 39.1 Å². The van der Waals surface area contributed by atoms with Gasteiger partial charge >= 0.3 is 0 Å². The minimum Gasteiger partial charge on any atom is -0.506 e. The number of nitrogens with zero attached hydrogens (tertiary/aromatic N) is 1. The molecule has 0 spiro atoms. The highest BCUT2D eigenvalue weighted by Gasteiger charge is 2.10. The molecule has 2 aromatic rings. The smallest absolute Gasteiger partial charge is 0.272 e. The monoisotopic (exact) mass is 366 g/mol. The second kappa shape index (κ2) is 6.74. The van der Waals surface area contributed by atoms with Crippen LogP contribution >= 0.6 is 27.5 Å². The van der Waals surface area contributed by atoms with E-state index in [0.29, 0.717) is 21.3 Å². The fourth-order valence-electron chi connectivity index (χ4n) is 1.71. The second-order valence-corrected chi connectivity index (χ2v) is 5.52. The summed E-state index contributed by atoms with van der Waals surface area (Å²) >= 11 is 9.14. The molecule has 0 atom stereocenters. The number of phenols is 1. The molecule has 21 heavy (non-hydrogen) atoms. The molecule has 2 N–H and O–H groups in total. The van der Waals surface area contributed by atoms with Crippen molar-refractivity contribution in [3.05, 3.63) is 63.1 Å². The highest BCUT2D eigenvalue weighted by atomic mass is 79.9. The Bertz CT molecular complexity index is 717. The maximum atomic E-state index is 12.0. The molecular formula is C15H12BrClN2O2. The van der Waals surface area contributed by atoms with Crippen LogP contribution < -0.4 is 5.43 Å². The number of aromatic hydroxyl groups is 1. The van der Waals surface area contributed by atoms with Crippen molar-refractivity contribution in [2.45, 2.75) is 6.92 Å². The lowest BCUT2D eigenvalue weighted by Crippen LogP contribution is -2.19. The number of hydrazone groups is 1. The van der Waals surface area contributed by atoms with Gasteiger partial charge in [-0.05, 0) is 47.1 Å². The Balaban J connectivity index is 2.19. The summed E-state index contributed by atoms with van der Waals surface area (Å²) in [5.74, 6) is -0.404. The van der Waals surface area contributed by atoms with Gasteiger partial charge in [-0.3, -0.25) is 4.79 Å². The van der Waals surface area contributed by atoms with Crippen molar-refractivity contribution in [1.82, 2.24) is 5.43 Å². The highest BCUT2D eigenvalue weighted by Crippen LogP contribution is 2.27. The maximum Gasteiger partial charge on any atom is 0.272 e. The van der Waals surface area contributed by atoms with E-state index in [0.717, 1.165) is 0 Å². The van der Waals surface area contributed by atoms with E-state index in [9.17, 15) is 9.90 Å². The zero-order valence-electron chi connectivity index (χ0n) is 11.1. The van der Waals surface area contributed by atoms with Gasteiger partial charge in [0.25, 0.3) is 5.91 Å². The van der Waals surface area contributed by atoms with Crippen LogP contribution in [0.2, 0.25) is 5.02 Å². The Labute approximate surface area is 135 Å². The SMILES string of the molecule is C/C(=N\NC(=O)c1ccccc1Br)c1cccc(Cl)c1O. The molecule has 0 bridgehead atoms. The molecule has 0 fully saturated rings. The molecule has 1 amide bonds. The molecule has 0 heterocycles. The summed E-state index contributed by atoms with van der Waals surface area (Å²) in [6.07, 6.45) is 0. The zero-order valence-corrected chi connectivity index (χ0v) is 13.4. The van der Waals surface area contributed by atoms with Gasteiger partial charge in [0.1, 0.15) is 5.75 Å². The Hall–Kier alpha value is -1.85. The molecule has 2 rings (SSSR count). The van der Waals surface area contributed by atoms with Crippen LogP contribution in [0, 0.1) is 0 Å². The number of hydrogen-bond donors (Lipinski definition) is 2. The number of halogens is 2. The Morgan fingerprint density at radius 3 is 2.57 bits per heavy atom. The van der Waals surface area contributed by atoms with E-state index in [4.69, 9.17) is 11.6 Å². The third kappa shape index (κ3) is 3.62. The van der Waals surface area contributed by atoms with Crippen LogP contribution in [-0.2, 0) is 0 Å². The second-order valence-electron chi connectivity index (χ2n) is 4.25. The van der Waals surface area contributed by atoms with Crippen LogP contribution in [0.15, 0.2) is 52.0 Å². The van der Waals surface area contributed by atoms with Crippen molar-refractivity contribution in [3.63, 3.8) is 0 Å². The minimum atomic E-state index is -0.344. The fourth-order valence-corrected chi connectivity index (χ4v) is 2.35. The van der Waals surface area contributed by atoms with Gasteiger partial charge in [0.05, 0.1) is 16.3 Å². The first-order chi connectivity index (χ1) is 10.0. The number of rotatable bonds is 3. The molecule has 0 unspecified atom stereocenters. The number of hydrogen-bond acceptors (Lipinski definition) is 3. The molecule has 0 aliphatic carbocycles. The van der Waals surface area contributed by atoms with Crippen LogP contribution in [0.1, 0.15) is 22.8 Å². The summed E-state index contributed by atoms with van der Waals surface area (Å²) in [6, 6.07) is 12.0. The van der Waals surface area contributed by atoms with Gasteiger partial charge in [-0.2, -0.15) is 5.10 Å². The van der Waals surface area contributed by atoms with Crippen LogP contribution in [0.4, 0.5) is 0 Å². The first-order valence-corrected chi connectivity index (χ1v) is 7.25. The van der Waals surface area contributed by atoms with Gasteiger partial charge in [-0.25, -0.2) is 5.43 Å². The number of para-hydroxylation sites is 1. The van der Waals surface area contributed by atoms with Crippen molar-refractivity contribution in [2.75, 3.05) is 0 Å². The van der Waals surface area contributed by atoms with E-state index < -0.39 is 0 Å². The molecule has 6 heteroatoms. The summed E-state index contributed by atoms with van der Waals surface area (Å²) in [5, 5.41) is 14.1. The van der Waals surface area contributed by atoms with Gasteiger partial charge in [0.2, 0.25) is 0 Å². The normalized spacial score (nSPS) is 11.3.